The van der Waals surface area contributed by atoms with Gasteiger partial charge in [-0.05, 0) is 59.2 Å². The molecule has 2 rings (SSSR count). The van der Waals surface area contributed by atoms with Gasteiger partial charge in [0.1, 0.15) is 5.82 Å². The van der Waals surface area contributed by atoms with Crippen LogP contribution in [-0.4, -0.2) is 12.0 Å². The molecule has 1 N–H and O–H groups in total. The Hall–Kier alpha value is -0.780. The van der Waals surface area contributed by atoms with E-state index in [0.29, 0.717) is 12.0 Å². The number of aromatic nitrogens is 1. The fourth-order valence-electron chi connectivity index (χ4n) is 1.86. The molecule has 100 valence electrons. The maximum atomic E-state index is 13.8. The van der Waals surface area contributed by atoms with Crippen molar-refractivity contribution in [2.75, 3.05) is 7.05 Å². The quantitative estimate of drug-likeness (QED) is 0.848. The Morgan fingerprint density at radius 2 is 1.95 bits per heavy atom. The number of rotatable bonds is 4. The van der Waals surface area contributed by atoms with Gasteiger partial charge in [-0.25, -0.2) is 4.39 Å². The van der Waals surface area contributed by atoms with E-state index in [1.807, 2.05) is 25.2 Å². The van der Waals surface area contributed by atoms with Crippen LogP contribution < -0.4 is 5.32 Å². The van der Waals surface area contributed by atoms with Gasteiger partial charge in [-0.1, -0.05) is 22.0 Å². The molecule has 0 fully saturated rings. The van der Waals surface area contributed by atoms with Crippen molar-refractivity contribution < 1.29 is 4.39 Å². The number of hydrogen-bond acceptors (Lipinski definition) is 2. The molecule has 0 radical (unpaired) electrons. The van der Waals surface area contributed by atoms with E-state index in [0.717, 1.165) is 14.6 Å². The van der Waals surface area contributed by atoms with Crippen molar-refractivity contribution >= 4 is 31.9 Å². The van der Waals surface area contributed by atoms with Crippen LogP contribution >= 0.6 is 31.9 Å². The molecule has 1 aromatic heterocycles. The van der Waals surface area contributed by atoms with Crippen LogP contribution in [0.4, 0.5) is 4.39 Å². The number of nitrogens with zero attached hydrogens (tertiary/aromatic N) is 1. The Balaban J connectivity index is 2.21. The van der Waals surface area contributed by atoms with Crippen LogP contribution in [0.15, 0.2) is 45.5 Å². The van der Waals surface area contributed by atoms with E-state index in [2.05, 4.69) is 42.2 Å². The van der Waals surface area contributed by atoms with Crippen molar-refractivity contribution in [3.63, 3.8) is 0 Å². The first kappa shape index (κ1) is 14.6. The largest absolute Gasteiger partial charge is 0.311 e. The van der Waals surface area contributed by atoms with Crippen LogP contribution in [0.5, 0.6) is 0 Å². The first-order chi connectivity index (χ1) is 9.10. The molecule has 2 nitrogen and oxygen atoms in total. The molecule has 0 saturated heterocycles. The molecule has 1 unspecified atom stereocenters. The molecule has 1 aromatic carbocycles. The highest BCUT2D eigenvalue weighted by molar-refractivity contribution is 9.10. The summed E-state index contributed by atoms with van der Waals surface area (Å²) in [7, 11) is 1.85. The third-order valence-electron chi connectivity index (χ3n) is 2.89. The molecule has 1 atom stereocenters. The molecular weight excluding hydrogens is 375 g/mol. The summed E-state index contributed by atoms with van der Waals surface area (Å²) in [4.78, 5) is 4.35. The lowest BCUT2D eigenvalue weighted by Crippen LogP contribution is -2.20. The van der Waals surface area contributed by atoms with Crippen molar-refractivity contribution in [2.24, 2.45) is 0 Å². The summed E-state index contributed by atoms with van der Waals surface area (Å²) in [5.41, 5.74) is 1.57. The van der Waals surface area contributed by atoms with Gasteiger partial charge >= 0.3 is 0 Å². The summed E-state index contributed by atoms with van der Waals surface area (Å²) in [6.45, 7) is 0. The number of halogens is 3. The molecule has 0 saturated carbocycles. The SMILES string of the molecule is CNC(Cc1ccc(Br)cc1F)c1ccc(Br)cn1. The summed E-state index contributed by atoms with van der Waals surface area (Å²) in [6, 6.07) is 8.98. The molecule has 5 heteroatoms. The minimum Gasteiger partial charge on any atom is -0.311 e. The normalized spacial score (nSPS) is 12.4. The van der Waals surface area contributed by atoms with E-state index in [-0.39, 0.29) is 11.9 Å². The number of hydrogen-bond donors (Lipinski definition) is 1. The maximum absolute atomic E-state index is 13.8. The van der Waals surface area contributed by atoms with Gasteiger partial charge in [-0.2, -0.15) is 0 Å². The molecule has 2 aromatic rings. The second-order valence-electron chi connectivity index (χ2n) is 4.18. The Morgan fingerprint density at radius 1 is 1.21 bits per heavy atom. The predicted molar refractivity (Wildman–Crippen MR) is 81.5 cm³/mol. The number of benzene rings is 1. The zero-order chi connectivity index (χ0) is 13.8. The van der Waals surface area contributed by atoms with Gasteiger partial charge in [-0.15, -0.1) is 0 Å². The smallest absolute Gasteiger partial charge is 0.127 e. The van der Waals surface area contributed by atoms with Gasteiger partial charge in [0.2, 0.25) is 0 Å². The first-order valence-corrected chi connectivity index (χ1v) is 7.41. The van der Waals surface area contributed by atoms with Gasteiger partial charge in [0, 0.05) is 15.1 Å². The minimum absolute atomic E-state index is 0.0104. The number of pyridine rings is 1. The highest BCUT2D eigenvalue weighted by Gasteiger charge is 2.14. The molecule has 0 bridgehead atoms. The minimum atomic E-state index is -0.202. The second-order valence-corrected chi connectivity index (χ2v) is 6.01. The number of nitrogens with one attached hydrogen (secondary N) is 1. The van der Waals surface area contributed by atoms with Crippen LogP contribution in [0.1, 0.15) is 17.3 Å². The lowest BCUT2D eigenvalue weighted by atomic mass is 10.0. The standard InChI is InChI=1S/C14H13Br2FN2/c1-18-14(13-5-4-11(16)8-19-13)6-9-2-3-10(15)7-12(9)17/h2-5,7-8,14,18H,6H2,1H3. The first-order valence-electron chi connectivity index (χ1n) is 5.83. The molecule has 0 aliphatic rings. The monoisotopic (exact) mass is 386 g/mol. The van der Waals surface area contributed by atoms with Crippen LogP contribution in [-0.2, 0) is 6.42 Å². The lowest BCUT2D eigenvalue weighted by Gasteiger charge is -2.16. The van der Waals surface area contributed by atoms with E-state index in [1.54, 1.807) is 12.3 Å². The average molecular weight is 388 g/mol. The summed E-state index contributed by atoms with van der Waals surface area (Å²) in [5, 5.41) is 3.17. The third-order valence-corrected chi connectivity index (χ3v) is 3.86. The highest BCUT2D eigenvalue weighted by Crippen LogP contribution is 2.22. The molecule has 0 aliphatic carbocycles. The lowest BCUT2D eigenvalue weighted by molar-refractivity contribution is 0.544. The van der Waals surface area contributed by atoms with Crippen molar-refractivity contribution in [3.05, 3.63) is 62.5 Å². The molecule has 1 heterocycles. The van der Waals surface area contributed by atoms with E-state index in [9.17, 15) is 4.39 Å². The fourth-order valence-corrected chi connectivity index (χ4v) is 2.42. The predicted octanol–water partition coefficient (Wildman–Crippen LogP) is 4.25. The van der Waals surface area contributed by atoms with Gasteiger partial charge in [0.15, 0.2) is 0 Å². The summed E-state index contributed by atoms with van der Waals surface area (Å²) in [6.07, 6.45) is 2.31. The zero-order valence-electron chi connectivity index (χ0n) is 10.3. The van der Waals surface area contributed by atoms with Crippen LogP contribution in [0.25, 0.3) is 0 Å². The van der Waals surface area contributed by atoms with Crippen LogP contribution in [0.2, 0.25) is 0 Å². The van der Waals surface area contributed by atoms with Crippen LogP contribution in [0.3, 0.4) is 0 Å². The Labute approximate surface area is 128 Å². The zero-order valence-corrected chi connectivity index (χ0v) is 13.5. The summed E-state index contributed by atoms with van der Waals surface area (Å²) in [5.74, 6) is -0.202. The molecule has 0 aliphatic heterocycles. The summed E-state index contributed by atoms with van der Waals surface area (Å²) >= 11 is 6.61. The Bertz CT molecular complexity index is 558. The van der Waals surface area contributed by atoms with Crippen molar-refractivity contribution in [3.8, 4) is 0 Å². The van der Waals surface area contributed by atoms with Gasteiger partial charge in [-0.3, -0.25) is 4.98 Å². The molecule has 19 heavy (non-hydrogen) atoms. The average Bonchev–Trinajstić information content (AvgIpc) is 2.39. The number of likely N-dealkylation sites (N-methyl/N-ethyl adjacent to an activating group) is 1. The van der Waals surface area contributed by atoms with E-state index in [4.69, 9.17) is 0 Å². The second kappa shape index (κ2) is 6.59. The molecular formula is C14H13Br2FN2. The Morgan fingerprint density at radius 3 is 2.53 bits per heavy atom. The third kappa shape index (κ3) is 3.84. The van der Waals surface area contributed by atoms with E-state index in [1.165, 1.54) is 6.07 Å². The van der Waals surface area contributed by atoms with Crippen molar-refractivity contribution in [1.82, 2.24) is 10.3 Å². The van der Waals surface area contributed by atoms with Gasteiger partial charge in [0.05, 0.1) is 11.7 Å². The molecule has 0 amide bonds. The van der Waals surface area contributed by atoms with Crippen LogP contribution in [0, 0.1) is 5.82 Å². The Kier molecular flexibility index (Phi) is 5.07. The maximum Gasteiger partial charge on any atom is 0.127 e. The van der Waals surface area contributed by atoms with Crippen molar-refractivity contribution in [1.29, 1.82) is 0 Å². The van der Waals surface area contributed by atoms with Crippen molar-refractivity contribution in [2.45, 2.75) is 12.5 Å². The fraction of sp³-hybridized carbons (Fsp3) is 0.214. The highest BCUT2D eigenvalue weighted by atomic mass is 79.9. The van der Waals surface area contributed by atoms with E-state index < -0.39 is 0 Å². The molecule has 0 spiro atoms. The van der Waals surface area contributed by atoms with Gasteiger partial charge < -0.3 is 5.32 Å². The topological polar surface area (TPSA) is 24.9 Å². The summed E-state index contributed by atoms with van der Waals surface area (Å²) < 4.78 is 15.5. The van der Waals surface area contributed by atoms with Gasteiger partial charge in [0.25, 0.3) is 0 Å². The van der Waals surface area contributed by atoms with E-state index >= 15 is 0 Å².